The number of nitrogens with zero attached hydrogens (tertiary/aromatic N) is 3. The van der Waals surface area contributed by atoms with Crippen LogP contribution in [0.4, 0.5) is 0 Å². The Kier molecular flexibility index (Phi) is 2.63. The predicted molar refractivity (Wildman–Crippen MR) is 44.4 cm³/mol. The maximum atomic E-state index is 4.05. The van der Waals surface area contributed by atoms with E-state index in [2.05, 4.69) is 35.5 Å². The maximum absolute atomic E-state index is 4.05. The van der Waals surface area contributed by atoms with Crippen LogP contribution in [0, 0.1) is 0 Å². The summed E-state index contributed by atoms with van der Waals surface area (Å²) in [4.78, 5) is 0. The lowest BCUT2D eigenvalue weighted by molar-refractivity contribution is 0.610. The van der Waals surface area contributed by atoms with Crippen LogP contribution in [-0.4, -0.2) is 14.8 Å². The summed E-state index contributed by atoms with van der Waals surface area (Å²) < 4.78 is 2.12. The molecule has 0 atom stereocenters. The Morgan fingerprint density at radius 2 is 2.27 bits per heavy atom. The van der Waals surface area contributed by atoms with Gasteiger partial charge in [-0.05, 0) is 6.42 Å². The van der Waals surface area contributed by atoms with Crippen molar-refractivity contribution in [2.45, 2.75) is 39.7 Å². The molecule has 1 aromatic heterocycles. The van der Waals surface area contributed by atoms with E-state index in [1.54, 1.807) is 6.33 Å². The Labute approximate surface area is 67.4 Å². The van der Waals surface area contributed by atoms with E-state index in [9.17, 15) is 0 Å². The number of hydrogen-bond donors (Lipinski definition) is 0. The van der Waals surface area contributed by atoms with E-state index in [-0.39, 0.29) is 0 Å². The van der Waals surface area contributed by atoms with Gasteiger partial charge in [0.2, 0.25) is 0 Å². The molecule has 3 nitrogen and oxygen atoms in total. The molecular formula is C8H15N3. The van der Waals surface area contributed by atoms with Gasteiger partial charge in [-0.15, -0.1) is 10.2 Å². The predicted octanol–water partition coefficient (Wildman–Crippen LogP) is 1.81. The van der Waals surface area contributed by atoms with Gasteiger partial charge >= 0.3 is 0 Å². The molecule has 1 aromatic rings. The van der Waals surface area contributed by atoms with Gasteiger partial charge in [0.1, 0.15) is 12.2 Å². The first-order valence-electron chi connectivity index (χ1n) is 4.13. The fraction of sp³-hybridized carbons (Fsp3) is 0.750. The lowest BCUT2D eigenvalue weighted by Gasteiger charge is -2.06. The van der Waals surface area contributed by atoms with Gasteiger partial charge in [0, 0.05) is 12.5 Å². The molecule has 0 bridgehead atoms. The molecule has 0 aliphatic rings. The molecule has 0 fully saturated rings. The molecule has 0 radical (unpaired) electrons. The summed E-state index contributed by atoms with van der Waals surface area (Å²) in [7, 11) is 0. The zero-order chi connectivity index (χ0) is 8.27. The number of aromatic nitrogens is 3. The lowest BCUT2D eigenvalue weighted by Crippen LogP contribution is -2.03. The van der Waals surface area contributed by atoms with Crippen molar-refractivity contribution >= 4 is 0 Å². The molecule has 0 aliphatic carbocycles. The van der Waals surface area contributed by atoms with Gasteiger partial charge < -0.3 is 4.57 Å². The van der Waals surface area contributed by atoms with E-state index in [4.69, 9.17) is 0 Å². The Hall–Kier alpha value is -0.860. The first-order valence-corrected chi connectivity index (χ1v) is 4.13. The molecule has 0 unspecified atom stereocenters. The smallest absolute Gasteiger partial charge is 0.135 e. The van der Waals surface area contributed by atoms with E-state index in [1.807, 2.05) is 0 Å². The largest absolute Gasteiger partial charge is 0.317 e. The van der Waals surface area contributed by atoms with Crippen LogP contribution in [0.5, 0.6) is 0 Å². The topological polar surface area (TPSA) is 30.7 Å². The Morgan fingerprint density at radius 1 is 1.55 bits per heavy atom. The van der Waals surface area contributed by atoms with Crippen LogP contribution in [-0.2, 0) is 6.54 Å². The van der Waals surface area contributed by atoms with Gasteiger partial charge in [-0.25, -0.2) is 0 Å². The third-order valence-corrected chi connectivity index (χ3v) is 1.63. The Balaban J connectivity index is 2.78. The lowest BCUT2D eigenvalue weighted by atomic mass is 10.2. The molecule has 0 aromatic carbocycles. The minimum atomic E-state index is 0.476. The quantitative estimate of drug-likeness (QED) is 0.663. The highest BCUT2D eigenvalue weighted by atomic mass is 15.3. The van der Waals surface area contributed by atoms with E-state index in [0.29, 0.717) is 5.92 Å². The molecule has 0 spiro atoms. The molecule has 0 amide bonds. The van der Waals surface area contributed by atoms with Crippen molar-refractivity contribution < 1.29 is 0 Å². The molecule has 11 heavy (non-hydrogen) atoms. The van der Waals surface area contributed by atoms with Gasteiger partial charge in [0.25, 0.3) is 0 Å². The van der Waals surface area contributed by atoms with Crippen molar-refractivity contribution in [1.29, 1.82) is 0 Å². The van der Waals surface area contributed by atoms with Crippen LogP contribution in [0.2, 0.25) is 0 Å². The number of rotatable bonds is 3. The average Bonchev–Trinajstić information content (AvgIpc) is 2.36. The second-order valence-corrected chi connectivity index (χ2v) is 3.04. The second-order valence-electron chi connectivity index (χ2n) is 3.04. The van der Waals surface area contributed by atoms with Crippen molar-refractivity contribution in [2.24, 2.45) is 0 Å². The summed E-state index contributed by atoms with van der Waals surface area (Å²) in [5, 5.41) is 7.92. The van der Waals surface area contributed by atoms with E-state index in [0.717, 1.165) is 18.8 Å². The summed E-state index contributed by atoms with van der Waals surface area (Å²) >= 11 is 0. The molecule has 1 rings (SSSR count). The van der Waals surface area contributed by atoms with Crippen LogP contribution in [0.3, 0.4) is 0 Å². The number of hydrogen-bond acceptors (Lipinski definition) is 2. The fourth-order valence-electron chi connectivity index (χ4n) is 1.12. The average molecular weight is 153 g/mol. The van der Waals surface area contributed by atoms with Crippen molar-refractivity contribution in [3.63, 3.8) is 0 Å². The van der Waals surface area contributed by atoms with Crippen molar-refractivity contribution in [3.05, 3.63) is 12.2 Å². The summed E-state index contributed by atoms with van der Waals surface area (Å²) in [6, 6.07) is 0. The van der Waals surface area contributed by atoms with Gasteiger partial charge in [0.15, 0.2) is 0 Å². The summed E-state index contributed by atoms with van der Waals surface area (Å²) in [6.45, 7) is 7.46. The molecule has 62 valence electrons. The minimum absolute atomic E-state index is 0.476. The van der Waals surface area contributed by atoms with Crippen LogP contribution >= 0.6 is 0 Å². The van der Waals surface area contributed by atoms with Crippen LogP contribution in [0.25, 0.3) is 0 Å². The zero-order valence-electron chi connectivity index (χ0n) is 7.41. The van der Waals surface area contributed by atoms with E-state index >= 15 is 0 Å². The zero-order valence-corrected chi connectivity index (χ0v) is 7.41. The highest BCUT2D eigenvalue weighted by Gasteiger charge is 2.06. The molecule has 0 saturated heterocycles. The normalized spacial score (nSPS) is 10.9. The molecule has 0 saturated carbocycles. The third kappa shape index (κ3) is 1.79. The SMILES string of the molecule is CCCn1cnnc1C(C)C. The minimum Gasteiger partial charge on any atom is -0.317 e. The Morgan fingerprint density at radius 3 is 2.82 bits per heavy atom. The highest BCUT2D eigenvalue weighted by molar-refractivity contribution is 4.91. The second kappa shape index (κ2) is 3.51. The van der Waals surface area contributed by atoms with Crippen molar-refractivity contribution in [2.75, 3.05) is 0 Å². The summed E-state index contributed by atoms with van der Waals surface area (Å²) in [5.41, 5.74) is 0. The maximum Gasteiger partial charge on any atom is 0.135 e. The van der Waals surface area contributed by atoms with Crippen molar-refractivity contribution in [3.8, 4) is 0 Å². The number of aryl methyl sites for hydroxylation is 1. The molecular weight excluding hydrogens is 138 g/mol. The molecule has 3 heteroatoms. The first kappa shape index (κ1) is 8.24. The molecule has 0 aliphatic heterocycles. The van der Waals surface area contributed by atoms with E-state index in [1.165, 1.54) is 0 Å². The summed E-state index contributed by atoms with van der Waals surface area (Å²) in [5.74, 6) is 1.57. The summed E-state index contributed by atoms with van der Waals surface area (Å²) in [6.07, 6.45) is 2.94. The van der Waals surface area contributed by atoms with Gasteiger partial charge in [-0.1, -0.05) is 20.8 Å². The van der Waals surface area contributed by atoms with Crippen LogP contribution < -0.4 is 0 Å². The van der Waals surface area contributed by atoms with Crippen molar-refractivity contribution in [1.82, 2.24) is 14.8 Å². The van der Waals surface area contributed by atoms with Gasteiger partial charge in [0.05, 0.1) is 0 Å². The highest BCUT2D eigenvalue weighted by Crippen LogP contribution is 2.10. The fourth-order valence-corrected chi connectivity index (χ4v) is 1.12. The van der Waals surface area contributed by atoms with Crippen LogP contribution in [0.1, 0.15) is 38.9 Å². The molecule has 0 N–H and O–H groups in total. The standard InChI is InChI=1S/C8H15N3/c1-4-5-11-6-9-10-8(11)7(2)3/h6-7H,4-5H2,1-3H3. The Bertz CT molecular complexity index is 215. The van der Waals surface area contributed by atoms with Gasteiger partial charge in [-0.3, -0.25) is 0 Å². The first-order chi connectivity index (χ1) is 5.25. The molecule has 1 heterocycles. The monoisotopic (exact) mass is 153 g/mol. The van der Waals surface area contributed by atoms with E-state index < -0.39 is 0 Å². The van der Waals surface area contributed by atoms with Crippen LogP contribution in [0.15, 0.2) is 6.33 Å². The van der Waals surface area contributed by atoms with Gasteiger partial charge in [-0.2, -0.15) is 0 Å². The third-order valence-electron chi connectivity index (χ3n) is 1.63.